The van der Waals surface area contributed by atoms with Crippen molar-refractivity contribution < 1.29 is 0 Å². The fraction of sp³-hybridized carbons (Fsp3) is 0. The molecule has 0 N–H and O–H groups in total. The van der Waals surface area contributed by atoms with Crippen molar-refractivity contribution in [1.29, 1.82) is 0 Å². The van der Waals surface area contributed by atoms with Crippen LogP contribution >= 0.6 is 0 Å². The van der Waals surface area contributed by atoms with Gasteiger partial charge in [0.15, 0.2) is 0 Å². The molecule has 0 aliphatic rings. The highest BCUT2D eigenvalue weighted by Gasteiger charge is 2.11. The molecule has 20 heavy (non-hydrogen) atoms. The van der Waals surface area contributed by atoms with E-state index in [1.807, 2.05) is 78.9 Å². The topological polar surface area (TPSA) is 29.4 Å². The van der Waals surface area contributed by atoms with Gasteiger partial charge in [-0.3, -0.25) is 0 Å². The molecule has 2 nitrogen and oxygen atoms in total. The summed E-state index contributed by atoms with van der Waals surface area (Å²) in [6.07, 6.45) is 0. The summed E-state index contributed by atoms with van der Waals surface area (Å²) in [4.78, 5) is 11.3. The zero-order chi connectivity index (χ0) is 13.8. The van der Waals surface area contributed by atoms with Crippen LogP contribution in [0.1, 0.15) is 0 Å². The fourth-order valence-corrected chi connectivity index (χ4v) is 2.34. The third kappa shape index (κ3) is 2.24. The van der Waals surface area contributed by atoms with E-state index in [0.29, 0.717) is 5.69 Å². The van der Waals surface area contributed by atoms with Crippen LogP contribution in [0.2, 0.25) is 0 Å². The third-order valence-corrected chi connectivity index (χ3v) is 3.30. The van der Waals surface area contributed by atoms with E-state index >= 15 is 0 Å². The van der Waals surface area contributed by atoms with Crippen LogP contribution in [0.25, 0.3) is 22.3 Å². The number of nitrogens with zero attached hydrogens (tertiary/aromatic N) is 1. The van der Waals surface area contributed by atoms with E-state index in [4.69, 9.17) is 0 Å². The second kappa shape index (κ2) is 5.49. The Labute approximate surface area is 117 Å². The van der Waals surface area contributed by atoms with Crippen molar-refractivity contribution in [2.45, 2.75) is 0 Å². The van der Waals surface area contributed by atoms with E-state index in [-0.39, 0.29) is 0 Å². The van der Waals surface area contributed by atoms with Gasteiger partial charge < -0.3 is 0 Å². The van der Waals surface area contributed by atoms with E-state index in [1.54, 1.807) is 0 Å². The first kappa shape index (κ1) is 12.3. The van der Waals surface area contributed by atoms with Gasteiger partial charge in [-0.25, -0.2) is 0 Å². The Balaban J connectivity index is 2.22. The molecule has 0 aliphatic carbocycles. The van der Waals surface area contributed by atoms with Crippen molar-refractivity contribution in [2.24, 2.45) is 5.18 Å². The second-order valence-electron chi connectivity index (χ2n) is 4.53. The number of nitroso groups, excluding NO2 is 1. The van der Waals surface area contributed by atoms with Gasteiger partial charge >= 0.3 is 0 Å². The van der Waals surface area contributed by atoms with Gasteiger partial charge in [0.25, 0.3) is 0 Å². The lowest BCUT2D eigenvalue weighted by Gasteiger charge is -2.09. The first-order chi connectivity index (χ1) is 9.90. The Morgan fingerprint density at radius 1 is 0.550 bits per heavy atom. The molecule has 0 heterocycles. The molecule has 0 aromatic heterocycles. The smallest absolute Gasteiger partial charge is 0.123 e. The summed E-state index contributed by atoms with van der Waals surface area (Å²) in [7, 11) is 0. The summed E-state index contributed by atoms with van der Waals surface area (Å²) >= 11 is 0. The minimum absolute atomic E-state index is 0.491. The summed E-state index contributed by atoms with van der Waals surface area (Å²) < 4.78 is 0. The molecule has 3 aromatic rings. The molecule has 96 valence electrons. The molecule has 0 amide bonds. The minimum Gasteiger partial charge on any atom is -0.145 e. The molecule has 2 heteroatoms. The Kier molecular flexibility index (Phi) is 3.38. The predicted molar refractivity (Wildman–Crippen MR) is 82.8 cm³/mol. The Hall–Kier alpha value is -2.74. The lowest BCUT2D eigenvalue weighted by atomic mass is 9.96. The van der Waals surface area contributed by atoms with Gasteiger partial charge in [-0.2, -0.15) is 0 Å². The number of hydrogen-bond donors (Lipinski definition) is 0. The average molecular weight is 259 g/mol. The molecule has 0 saturated heterocycles. The van der Waals surface area contributed by atoms with E-state index in [0.717, 1.165) is 22.3 Å². The van der Waals surface area contributed by atoms with Gasteiger partial charge in [-0.1, -0.05) is 78.9 Å². The Bertz CT molecular complexity index is 663. The monoisotopic (exact) mass is 259 g/mol. The van der Waals surface area contributed by atoms with Crippen LogP contribution < -0.4 is 0 Å². The second-order valence-corrected chi connectivity index (χ2v) is 4.53. The number of rotatable bonds is 3. The molecule has 0 saturated carbocycles. The van der Waals surface area contributed by atoms with Crippen LogP contribution in [0.5, 0.6) is 0 Å². The summed E-state index contributed by atoms with van der Waals surface area (Å²) in [5, 5.41) is 3.27. The Morgan fingerprint density at radius 2 is 1.00 bits per heavy atom. The lowest BCUT2D eigenvalue weighted by molar-refractivity contribution is 1.47. The van der Waals surface area contributed by atoms with Crippen LogP contribution in [-0.2, 0) is 0 Å². The number of hydrogen-bond acceptors (Lipinski definition) is 2. The van der Waals surface area contributed by atoms with Crippen molar-refractivity contribution in [1.82, 2.24) is 0 Å². The standard InChI is InChI=1S/C18H13NO/c20-19-18-16(14-8-3-1-4-9-14)12-7-13-17(18)15-10-5-2-6-11-15/h1-13H. The fourth-order valence-electron chi connectivity index (χ4n) is 2.34. The SMILES string of the molecule is O=Nc1c(-c2ccccc2)cccc1-c1ccccc1. The van der Waals surface area contributed by atoms with Crippen molar-refractivity contribution in [3.05, 3.63) is 83.8 Å². The zero-order valence-corrected chi connectivity index (χ0v) is 10.9. The Morgan fingerprint density at radius 3 is 1.40 bits per heavy atom. The first-order valence-electron chi connectivity index (χ1n) is 6.47. The summed E-state index contributed by atoms with van der Waals surface area (Å²) in [5.74, 6) is 0. The van der Waals surface area contributed by atoms with Crippen molar-refractivity contribution >= 4 is 5.69 Å². The van der Waals surface area contributed by atoms with Gasteiger partial charge in [0.1, 0.15) is 5.69 Å². The van der Waals surface area contributed by atoms with Crippen LogP contribution in [0.15, 0.2) is 84.0 Å². The van der Waals surface area contributed by atoms with Crippen LogP contribution in [0, 0.1) is 4.91 Å². The van der Waals surface area contributed by atoms with Crippen molar-refractivity contribution in [2.75, 3.05) is 0 Å². The zero-order valence-electron chi connectivity index (χ0n) is 10.9. The molecular formula is C18H13NO. The van der Waals surface area contributed by atoms with Crippen LogP contribution in [-0.4, -0.2) is 0 Å². The number of benzene rings is 3. The molecule has 3 rings (SSSR count). The lowest BCUT2D eigenvalue weighted by Crippen LogP contribution is -1.83. The summed E-state index contributed by atoms with van der Waals surface area (Å²) in [6, 6.07) is 25.5. The molecule has 0 radical (unpaired) electrons. The predicted octanol–water partition coefficient (Wildman–Crippen LogP) is 5.42. The molecule has 3 aromatic carbocycles. The average Bonchev–Trinajstić information content (AvgIpc) is 2.55. The highest BCUT2D eigenvalue weighted by molar-refractivity contribution is 5.88. The van der Waals surface area contributed by atoms with Gasteiger partial charge in [0, 0.05) is 11.1 Å². The minimum atomic E-state index is 0.491. The molecule has 0 unspecified atom stereocenters. The first-order valence-corrected chi connectivity index (χ1v) is 6.47. The van der Waals surface area contributed by atoms with Gasteiger partial charge in [0.2, 0.25) is 0 Å². The van der Waals surface area contributed by atoms with Crippen molar-refractivity contribution in [3.8, 4) is 22.3 Å². The van der Waals surface area contributed by atoms with E-state index in [1.165, 1.54) is 0 Å². The van der Waals surface area contributed by atoms with Gasteiger partial charge in [-0.15, -0.1) is 4.91 Å². The van der Waals surface area contributed by atoms with Crippen LogP contribution in [0.3, 0.4) is 0 Å². The molecule has 0 fully saturated rings. The van der Waals surface area contributed by atoms with Gasteiger partial charge in [0.05, 0.1) is 0 Å². The van der Waals surface area contributed by atoms with Gasteiger partial charge in [-0.05, 0) is 16.3 Å². The quantitative estimate of drug-likeness (QED) is 0.577. The van der Waals surface area contributed by atoms with E-state index in [2.05, 4.69) is 5.18 Å². The molecule has 0 atom stereocenters. The highest BCUT2D eigenvalue weighted by Crippen LogP contribution is 2.38. The maximum atomic E-state index is 11.3. The maximum absolute atomic E-state index is 11.3. The normalized spacial score (nSPS) is 10.2. The molecule has 0 bridgehead atoms. The van der Waals surface area contributed by atoms with E-state index in [9.17, 15) is 4.91 Å². The summed E-state index contributed by atoms with van der Waals surface area (Å²) in [6.45, 7) is 0. The van der Waals surface area contributed by atoms with Crippen molar-refractivity contribution in [3.63, 3.8) is 0 Å². The highest BCUT2D eigenvalue weighted by atomic mass is 16.3. The summed E-state index contributed by atoms with van der Waals surface area (Å²) in [5.41, 5.74) is 4.22. The largest absolute Gasteiger partial charge is 0.145 e. The third-order valence-electron chi connectivity index (χ3n) is 3.30. The van der Waals surface area contributed by atoms with Crippen LogP contribution in [0.4, 0.5) is 5.69 Å². The molecule has 0 aliphatic heterocycles. The molecule has 0 spiro atoms. The van der Waals surface area contributed by atoms with E-state index < -0.39 is 0 Å². The maximum Gasteiger partial charge on any atom is 0.123 e. The molecular weight excluding hydrogens is 246 g/mol.